The lowest BCUT2D eigenvalue weighted by atomic mass is 9.91. The van der Waals surface area contributed by atoms with Crippen LogP contribution in [0.5, 0.6) is 0 Å². The second-order valence-corrected chi connectivity index (χ2v) is 7.17. The summed E-state index contributed by atoms with van der Waals surface area (Å²) >= 11 is 5.98. The van der Waals surface area contributed by atoms with Crippen molar-refractivity contribution in [1.29, 1.82) is 0 Å². The molecule has 2 aliphatic rings. The number of furan rings is 1. The van der Waals surface area contributed by atoms with E-state index in [9.17, 15) is 4.79 Å². The number of benzene rings is 1. The van der Waals surface area contributed by atoms with Gasteiger partial charge in [0, 0.05) is 21.5 Å². The quantitative estimate of drug-likeness (QED) is 0.892. The number of fused-ring (bicyclic) bond motifs is 3. The third-order valence-electron chi connectivity index (χ3n) is 5.45. The number of hydrogen-bond donors (Lipinski definition) is 2. The number of carbonyl (C=O) groups is 2. The van der Waals surface area contributed by atoms with Crippen molar-refractivity contribution in [2.45, 2.75) is 43.2 Å². The molecule has 2 bridgehead atoms. The van der Waals surface area contributed by atoms with E-state index >= 15 is 0 Å². The predicted octanol–water partition coefficient (Wildman–Crippen LogP) is 3.31. The zero-order valence-electron chi connectivity index (χ0n) is 13.7. The van der Waals surface area contributed by atoms with Gasteiger partial charge in [0.15, 0.2) is 5.76 Å². The Kier molecular flexibility index (Phi) is 4.40. The van der Waals surface area contributed by atoms with Gasteiger partial charge in [0.1, 0.15) is 12.4 Å². The maximum atomic E-state index is 12.6. The second kappa shape index (κ2) is 6.22. The molecule has 128 valence electrons. The number of nitrogens with one attached hydrogen (secondary N) is 2. The van der Waals surface area contributed by atoms with Crippen molar-refractivity contribution in [3.63, 3.8) is 0 Å². The molecule has 24 heavy (non-hydrogen) atoms. The van der Waals surface area contributed by atoms with E-state index in [0.717, 1.165) is 37.5 Å². The summed E-state index contributed by atoms with van der Waals surface area (Å²) in [6, 6.07) is 7.14. The highest BCUT2D eigenvalue weighted by Gasteiger charge is 2.54. The molecule has 5 nitrogen and oxygen atoms in total. The molecule has 2 fully saturated rings. The summed E-state index contributed by atoms with van der Waals surface area (Å²) < 4.78 is 5.66. The van der Waals surface area contributed by atoms with Gasteiger partial charge >= 0.3 is 0 Å². The van der Waals surface area contributed by atoms with Crippen molar-refractivity contribution in [1.82, 2.24) is 10.6 Å². The van der Waals surface area contributed by atoms with E-state index in [2.05, 4.69) is 10.6 Å². The first-order chi connectivity index (χ1) is 11.5. The van der Waals surface area contributed by atoms with E-state index in [4.69, 9.17) is 20.8 Å². The maximum absolute atomic E-state index is 12.6. The highest BCUT2D eigenvalue weighted by atomic mass is 35.5. The first-order valence-electron chi connectivity index (χ1n) is 8.03. The van der Waals surface area contributed by atoms with E-state index in [1.807, 2.05) is 19.9 Å². The Morgan fingerprint density at radius 3 is 2.46 bits per heavy atom. The third-order valence-corrected chi connectivity index (χ3v) is 5.69. The molecule has 2 aromatic rings. The molecular weight excluding hydrogens is 328 g/mol. The van der Waals surface area contributed by atoms with Crippen LogP contribution < -0.4 is 10.6 Å². The van der Waals surface area contributed by atoms with Crippen LogP contribution in [-0.4, -0.2) is 30.8 Å². The smallest absolute Gasteiger partial charge is 0.287 e. The number of amides is 1. The van der Waals surface area contributed by atoms with Gasteiger partial charge in [-0.3, -0.25) is 4.79 Å². The molecule has 0 atom stereocenters. The third kappa shape index (κ3) is 2.82. The summed E-state index contributed by atoms with van der Waals surface area (Å²) in [5.74, 6) is 0.238. The number of hydrogen-bond acceptors (Lipinski definition) is 4. The van der Waals surface area contributed by atoms with Crippen LogP contribution >= 0.6 is 11.6 Å². The summed E-state index contributed by atoms with van der Waals surface area (Å²) in [6.45, 7) is 2.00. The van der Waals surface area contributed by atoms with Crippen LogP contribution in [0.15, 0.2) is 28.7 Å². The Morgan fingerprint density at radius 2 is 1.83 bits per heavy atom. The van der Waals surface area contributed by atoms with Crippen LogP contribution in [0.1, 0.15) is 42.7 Å². The Labute approximate surface area is 145 Å². The van der Waals surface area contributed by atoms with Gasteiger partial charge < -0.3 is 19.8 Å². The molecule has 0 aliphatic heterocycles. The number of halogens is 1. The van der Waals surface area contributed by atoms with E-state index in [0.29, 0.717) is 16.4 Å². The van der Waals surface area contributed by atoms with Gasteiger partial charge in [-0.05, 0) is 63.4 Å². The van der Waals surface area contributed by atoms with Crippen LogP contribution in [0.25, 0.3) is 11.0 Å². The second-order valence-electron chi connectivity index (χ2n) is 6.73. The Bertz CT molecular complexity index is 763. The van der Waals surface area contributed by atoms with E-state index in [1.165, 1.54) is 0 Å². The monoisotopic (exact) mass is 348 g/mol. The van der Waals surface area contributed by atoms with Crippen LogP contribution in [0.4, 0.5) is 0 Å². The van der Waals surface area contributed by atoms with Gasteiger partial charge in [-0.1, -0.05) is 11.6 Å². The molecule has 0 spiro atoms. The summed E-state index contributed by atoms with van der Waals surface area (Å²) in [5.41, 5.74) is 0.834. The molecule has 1 aromatic heterocycles. The van der Waals surface area contributed by atoms with Gasteiger partial charge in [0.05, 0.1) is 0 Å². The molecule has 6 heteroatoms. The van der Waals surface area contributed by atoms with E-state index < -0.39 is 0 Å². The van der Waals surface area contributed by atoms with Gasteiger partial charge in [0.25, 0.3) is 5.91 Å². The zero-order chi connectivity index (χ0) is 17.4. The number of carbonyl (C=O) groups excluding carboxylic acids is 2. The van der Waals surface area contributed by atoms with Crippen molar-refractivity contribution >= 4 is 35.3 Å². The normalized spacial score (nSPS) is 27.8. The first kappa shape index (κ1) is 17.0. The minimum atomic E-state index is -0.124. The SMILES string of the molecule is C=O.CNC12CCC(NC(=O)c3cc4cc(Cl)ccc4o3)(CC1)C2. The largest absolute Gasteiger partial charge is 0.451 e. The van der Waals surface area contributed by atoms with Gasteiger partial charge in [-0.15, -0.1) is 0 Å². The molecule has 2 N–H and O–H groups in total. The van der Waals surface area contributed by atoms with Gasteiger partial charge in [-0.2, -0.15) is 0 Å². The average Bonchev–Trinajstić information content (AvgIpc) is 3.27. The van der Waals surface area contributed by atoms with Crippen LogP contribution in [-0.2, 0) is 4.79 Å². The van der Waals surface area contributed by atoms with Crippen molar-refractivity contribution in [2.75, 3.05) is 7.05 Å². The topological polar surface area (TPSA) is 71.3 Å². The fraction of sp³-hybridized carbons (Fsp3) is 0.444. The molecule has 0 saturated heterocycles. The Balaban J connectivity index is 0.000000815. The van der Waals surface area contributed by atoms with Crippen LogP contribution in [0.2, 0.25) is 5.02 Å². The molecular formula is C18H21ClN2O3. The summed E-state index contributed by atoms with van der Waals surface area (Å²) in [6.07, 6.45) is 5.32. The van der Waals surface area contributed by atoms with Crippen LogP contribution in [0, 0.1) is 0 Å². The predicted molar refractivity (Wildman–Crippen MR) is 93.4 cm³/mol. The lowest BCUT2D eigenvalue weighted by Gasteiger charge is -2.28. The van der Waals surface area contributed by atoms with E-state index in [-0.39, 0.29) is 17.0 Å². The highest BCUT2D eigenvalue weighted by molar-refractivity contribution is 6.31. The fourth-order valence-electron chi connectivity index (χ4n) is 4.14. The van der Waals surface area contributed by atoms with Crippen LogP contribution in [0.3, 0.4) is 0 Å². The van der Waals surface area contributed by atoms with Crippen molar-refractivity contribution in [3.05, 3.63) is 35.0 Å². The van der Waals surface area contributed by atoms with E-state index in [1.54, 1.807) is 18.2 Å². The molecule has 2 aliphatic carbocycles. The first-order valence-corrected chi connectivity index (χ1v) is 8.40. The molecule has 4 rings (SSSR count). The minimum absolute atomic E-state index is 0.0727. The van der Waals surface area contributed by atoms with Crippen molar-refractivity contribution in [3.8, 4) is 0 Å². The molecule has 1 heterocycles. The fourth-order valence-corrected chi connectivity index (χ4v) is 4.33. The summed E-state index contributed by atoms with van der Waals surface area (Å²) in [7, 11) is 2.02. The lowest BCUT2D eigenvalue weighted by Crippen LogP contribution is -2.45. The summed E-state index contributed by atoms with van der Waals surface area (Å²) in [4.78, 5) is 20.6. The lowest BCUT2D eigenvalue weighted by molar-refractivity contribution is -0.0980. The Morgan fingerprint density at radius 1 is 1.17 bits per heavy atom. The maximum Gasteiger partial charge on any atom is 0.287 e. The van der Waals surface area contributed by atoms with Crippen molar-refractivity contribution in [2.24, 2.45) is 0 Å². The van der Waals surface area contributed by atoms with Gasteiger partial charge in [0.2, 0.25) is 0 Å². The number of rotatable bonds is 3. The highest BCUT2D eigenvalue weighted by Crippen LogP contribution is 2.50. The molecule has 1 aromatic carbocycles. The standard InChI is InChI=1S/C17H19ClN2O2.CH2O/c1-19-16-4-6-17(10-16,7-5-16)20-15(21)14-9-11-8-12(18)2-3-13(11)22-14;1-2/h2-3,8-9,19H,4-7,10H2,1H3,(H,20,21);1H2. The minimum Gasteiger partial charge on any atom is -0.451 e. The summed E-state index contributed by atoms with van der Waals surface area (Å²) in [5, 5.41) is 8.18. The van der Waals surface area contributed by atoms with Gasteiger partial charge in [-0.25, -0.2) is 0 Å². The average molecular weight is 349 g/mol. The van der Waals surface area contributed by atoms with Crippen molar-refractivity contribution < 1.29 is 14.0 Å². The molecule has 0 unspecified atom stereocenters. The Hall–Kier alpha value is -1.85. The molecule has 1 amide bonds. The molecule has 2 saturated carbocycles. The zero-order valence-corrected chi connectivity index (χ0v) is 14.4. The molecule has 0 radical (unpaired) electrons.